The Morgan fingerprint density at radius 1 is 1.47 bits per heavy atom. The molecule has 1 unspecified atom stereocenters. The Kier molecular flexibility index (Phi) is 4.99. The average Bonchev–Trinajstić information content (AvgIpc) is 2.75. The van der Waals surface area contributed by atoms with Crippen LogP contribution in [-0.4, -0.2) is 28.5 Å². The molecule has 2 N–H and O–H groups in total. The number of hydrogen-bond donors (Lipinski definition) is 1. The van der Waals surface area contributed by atoms with E-state index in [0.29, 0.717) is 12.1 Å². The van der Waals surface area contributed by atoms with E-state index in [4.69, 9.17) is 10.5 Å². The zero-order valence-electron chi connectivity index (χ0n) is 12.4. The van der Waals surface area contributed by atoms with Crippen LogP contribution in [0, 0.1) is 5.92 Å². The molecule has 108 valence electrons. The average molecular weight is 265 g/mol. The largest absolute Gasteiger partial charge is 0.378 e. The lowest BCUT2D eigenvalue weighted by Gasteiger charge is -2.36. The van der Waals surface area contributed by atoms with Gasteiger partial charge in [0.05, 0.1) is 11.8 Å². The van der Waals surface area contributed by atoms with Crippen molar-refractivity contribution in [3.8, 4) is 0 Å². The smallest absolute Gasteiger partial charge is 0.0640 e. The van der Waals surface area contributed by atoms with Gasteiger partial charge in [-0.25, -0.2) is 0 Å². The lowest BCUT2D eigenvalue weighted by atomic mass is 9.78. The maximum atomic E-state index is 6.23. The summed E-state index contributed by atoms with van der Waals surface area (Å²) in [4.78, 5) is 0. The fraction of sp³-hybridized carbons (Fsp3) is 0.800. The van der Waals surface area contributed by atoms with Gasteiger partial charge in [-0.1, -0.05) is 0 Å². The monoisotopic (exact) mass is 265 g/mol. The van der Waals surface area contributed by atoms with Gasteiger partial charge in [-0.15, -0.1) is 0 Å². The Bertz CT molecular complexity index is 382. The maximum absolute atomic E-state index is 6.23. The summed E-state index contributed by atoms with van der Waals surface area (Å²) in [5.41, 5.74) is 7.34. The first-order valence-corrected chi connectivity index (χ1v) is 7.49. The lowest BCUT2D eigenvalue weighted by molar-refractivity contribution is -0.0281. The highest BCUT2D eigenvalue weighted by Crippen LogP contribution is 2.33. The van der Waals surface area contributed by atoms with Gasteiger partial charge in [0.15, 0.2) is 0 Å². The van der Waals surface area contributed by atoms with Crippen molar-refractivity contribution in [1.82, 2.24) is 9.78 Å². The van der Waals surface area contributed by atoms with Crippen molar-refractivity contribution in [2.45, 2.75) is 64.6 Å². The van der Waals surface area contributed by atoms with E-state index in [-0.39, 0.29) is 6.04 Å². The van der Waals surface area contributed by atoms with E-state index in [1.807, 2.05) is 10.9 Å². The molecule has 19 heavy (non-hydrogen) atoms. The minimum Gasteiger partial charge on any atom is -0.378 e. The minimum atomic E-state index is 0.225. The van der Waals surface area contributed by atoms with Gasteiger partial charge in [-0.3, -0.25) is 4.68 Å². The number of hydrogen-bond acceptors (Lipinski definition) is 3. The Labute approximate surface area is 116 Å². The fourth-order valence-corrected chi connectivity index (χ4v) is 2.79. The molecule has 0 spiro atoms. The van der Waals surface area contributed by atoms with Crippen molar-refractivity contribution in [2.75, 3.05) is 6.61 Å². The Hall–Kier alpha value is -0.870. The summed E-state index contributed by atoms with van der Waals surface area (Å²) in [5, 5.41) is 4.56. The third kappa shape index (κ3) is 4.05. The van der Waals surface area contributed by atoms with Gasteiger partial charge in [0.1, 0.15) is 0 Å². The van der Waals surface area contributed by atoms with Crippen molar-refractivity contribution in [1.29, 1.82) is 0 Å². The highest BCUT2D eigenvalue weighted by molar-refractivity contribution is 5.02. The molecule has 1 heterocycles. The molecule has 1 aliphatic rings. The topological polar surface area (TPSA) is 53.1 Å². The molecule has 1 aromatic rings. The van der Waals surface area contributed by atoms with E-state index in [2.05, 4.69) is 31.9 Å². The van der Waals surface area contributed by atoms with E-state index >= 15 is 0 Å². The molecule has 1 aliphatic carbocycles. The van der Waals surface area contributed by atoms with Crippen LogP contribution < -0.4 is 5.73 Å². The van der Waals surface area contributed by atoms with Crippen LogP contribution in [0.5, 0.6) is 0 Å². The summed E-state index contributed by atoms with van der Waals surface area (Å²) in [6, 6.07) is 2.73. The number of nitrogens with zero attached hydrogens (tertiary/aromatic N) is 2. The third-order valence-electron chi connectivity index (χ3n) is 3.89. The predicted molar refractivity (Wildman–Crippen MR) is 77.0 cm³/mol. The summed E-state index contributed by atoms with van der Waals surface area (Å²) in [6.07, 6.45) is 6.88. The first-order valence-electron chi connectivity index (χ1n) is 7.49. The zero-order chi connectivity index (χ0) is 13.8. The van der Waals surface area contributed by atoms with Crippen LogP contribution in [0.1, 0.15) is 51.8 Å². The van der Waals surface area contributed by atoms with Crippen LogP contribution in [-0.2, 0) is 11.2 Å². The number of ether oxygens (including phenoxy) is 1. The molecule has 4 nitrogen and oxygen atoms in total. The molecule has 0 saturated heterocycles. The second-order valence-corrected chi connectivity index (χ2v) is 6.00. The fourth-order valence-electron chi connectivity index (χ4n) is 2.79. The number of rotatable bonds is 7. The molecule has 0 aromatic carbocycles. The summed E-state index contributed by atoms with van der Waals surface area (Å²) in [6.45, 7) is 7.16. The predicted octanol–water partition coefficient (Wildman–Crippen LogP) is 2.54. The number of aromatic nitrogens is 2. The molecule has 1 saturated carbocycles. The Morgan fingerprint density at radius 2 is 2.21 bits per heavy atom. The highest BCUT2D eigenvalue weighted by atomic mass is 16.5. The van der Waals surface area contributed by atoms with Crippen molar-refractivity contribution in [2.24, 2.45) is 11.7 Å². The highest BCUT2D eigenvalue weighted by Gasteiger charge is 2.30. The third-order valence-corrected chi connectivity index (χ3v) is 3.89. The van der Waals surface area contributed by atoms with Crippen LogP contribution in [0.4, 0.5) is 0 Å². The SMILES string of the molecule is CCOC1CC(CC(N)Cc2ccn(C(C)C)n2)C1. The van der Waals surface area contributed by atoms with Crippen LogP contribution in [0.3, 0.4) is 0 Å². The molecule has 1 atom stereocenters. The number of nitrogens with two attached hydrogens (primary N) is 1. The van der Waals surface area contributed by atoms with E-state index in [1.54, 1.807) is 0 Å². The van der Waals surface area contributed by atoms with Gasteiger partial charge in [0.25, 0.3) is 0 Å². The van der Waals surface area contributed by atoms with E-state index in [9.17, 15) is 0 Å². The quantitative estimate of drug-likeness (QED) is 0.824. The van der Waals surface area contributed by atoms with E-state index in [1.165, 1.54) is 12.8 Å². The van der Waals surface area contributed by atoms with Crippen molar-refractivity contribution < 1.29 is 4.74 Å². The normalized spacial score (nSPS) is 24.5. The minimum absolute atomic E-state index is 0.225. The summed E-state index contributed by atoms with van der Waals surface area (Å²) in [5.74, 6) is 0.749. The van der Waals surface area contributed by atoms with Gasteiger partial charge in [-0.05, 0) is 52.0 Å². The summed E-state index contributed by atoms with van der Waals surface area (Å²) in [7, 11) is 0. The van der Waals surface area contributed by atoms with Crippen LogP contribution >= 0.6 is 0 Å². The lowest BCUT2D eigenvalue weighted by Crippen LogP contribution is -2.36. The zero-order valence-corrected chi connectivity index (χ0v) is 12.4. The van der Waals surface area contributed by atoms with Gasteiger partial charge in [0.2, 0.25) is 0 Å². The van der Waals surface area contributed by atoms with Crippen molar-refractivity contribution in [3.05, 3.63) is 18.0 Å². The van der Waals surface area contributed by atoms with E-state index < -0.39 is 0 Å². The standard InChI is InChI=1S/C15H27N3O/c1-4-19-15-8-12(9-15)7-13(16)10-14-5-6-18(17-14)11(2)3/h5-6,11-13,15H,4,7-10,16H2,1-3H3. The molecule has 4 heteroatoms. The first kappa shape index (κ1) is 14.5. The summed E-state index contributed by atoms with van der Waals surface area (Å²) >= 11 is 0. The molecular formula is C15H27N3O. The molecule has 0 amide bonds. The molecule has 1 fully saturated rings. The molecule has 0 bridgehead atoms. The Morgan fingerprint density at radius 3 is 2.79 bits per heavy atom. The molecule has 1 aromatic heterocycles. The molecular weight excluding hydrogens is 238 g/mol. The van der Waals surface area contributed by atoms with Crippen LogP contribution in [0.25, 0.3) is 0 Å². The first-order chi connectivity index (χ1) is 9.08. The maximum Gasteiger partial charge on any atom is 0.0640 e. The van der Waals surface area contributed by atoms with Gasteiger partial charge >= 0.3 is 0 Å². The molecule has 2 rings (SSSR count). The van der Waals surface area contributed by atoms with Crippen LogP contribution in [0.15, 0.2) is 12.3 Å². The van der Waals surface area contributed by atoms with Gasteiger partial charge in [0, 0.05) is 31.3 Å². The second kappa shape index (κ2) is 6.53. The Balaban J connectivity index is 1.71. The summed E-state index contributed by atoms with van der Waals surface area (Å²) < 4.78 is 7.58. The molecule has 0 aliphatic heterocycles. The van der Waals surface area contributed by atoms with Crippen LogP contribution in [0.2, 0.25) is 0 Å². The molecule has 0 radical (unpaired) electrons. The second-order valence-electron chi connectivity index (χ2n) is 6.00. The van der Waals surface area contributed by atoms with E-state index in [0.717, 1.165) is 31.1 Å². The van der Waals surface area contributed by atoms with Crippen molar-refractivity contribution in [3.63, 3.8) is 0 Å². The van der Waals surface area contributed by atoms with Crippen molar-refractivity contribution >= 4 is 0 Å². The van der Waals surface area contributed by atoms with Gasteiger partial charge < -0.3 is 10.5 Å². The van der Waals surface area contributed by atoms with Gasteiger partial charge in [-0.2, -0.15) is 5.10 Å².